The van der Waals surface area contributed by atoms with E-state index in [1.165, 1.54) is 6.07 Å². The van der Waals surface area contributed by atoms with E-state index in [1.54, 1.807) is 48.5 Å². The van der Waals surface area contributed by atoms with Crippen LogP contribution in [0.4, 0.5) is 4.79 Å². The third kappa shape index (κ3) is 2.04. The number of benzene rings is 2. The van der Waals surface area contributed by atoms with Crippen molar-refractivity contribution in [3.63, 3.8) is 0 Å². The number of hydrogen-bond donors (Lipinski definition) is 0. The third-order valence-corrected chi connectivity index (χ3v) is 4.82. The molecule has 0 aromatic heterocycles. The monoisotopic (exact) mass is 289 g/mol. The Labute approximate surface area is 116 Å². The fourth-order valence-corrected chi connectivity index (χ4v) is 3.54. The highest BCUT2D eigenvalue weighted by atomic mass is 32.2. The van der Waals surface area contributed by atoms with Gasteiger partial charge in [0, 0.05) is 0 Å². The minimum absolute atomic E-state index is 0.00414. The van der Waals surface area contributed by atoms with Crippen LogP contribution in [0, 0.1) is 0 Å². The summed E-state index contributed by atoms with van der Waals surface area (Å²) in [5.41, 5.74) is 0.595. The number of rotatable bonds is 1. The molecule has 2 aromatic rings. The van der Waals surface area contributed by atoms with Gasteiger partial charge in [-0.05, 0) is 23.8 Å². The van der Waals surface area contributed by atoms with E-state index in [-0.39, 0.29) is 11.4 Å². The molecule has 0 unspecified atom stereocenters. The summed E-state index contributed by atoms with van der Waals surface area (Å²) in [6.07, 6.45) is -0.896. The Hall–Kier alpha value is -2.34. The maximum absolute atomic E-state index is 12.2. The second-order valence-corrected chi connectivity index (χ2v) is 6.13. The van der Waals surface area contributed by atoms with E-state index in [2.05, 4.69) is 0 Å². The number of nitrogens with zero attached hydrogens (tertiary/aromatic N) is 1. The highest BCUT2D eigenvalue weighted by molar-refractivity contribution is 7.90. The molecule has 1 aliphatic heterocycles. The van der Waals surface area contributed by atoms with Crippen LogP contribution in [-0.2, 0) is 16.6 Å². The summed E-state index contributed by atoms with van der Waals surface area (Å²) in [5.74, 6) is 0.309. The molecule has 1 heterocycles. The summed E-state index contributed by atoms with van der Waals surface area (Å²) in [6.45, 7) is 0.00414. The highest BCUT2D eigenvalue weighted by Gasteiger charge is 2.38. The van der Waals surface area contributed by atoms with Crippen molar-refractivity contribution >= 4 is 16.1 Å². The molecule has 0 bridgehead atoms. The SMILES string of the molecule is O=C(Oc1ccccc1)N1Cc2ccccc2S1(=O)=O. The first-order valence-corrected chi connectivity index (χ1v) is 7.40. The second-order valence-electron chi connectivity index (χ2n) is 4.30. The molecule has 3 rings (SSSR count). The van der Waals surface area contributed by atoms with Crippen LogP contribution in [0.1, 0.15) is 5.56 Å². The Bertz CT molecular complexity index is 756. The van der Waals surface area contributed by atoms with Gasteiger partial charge in [-0.1, -0.05) is 36.4 Å². The van der Waals surface area contributed by atoms with Crippen molar-refractivity contribution in [3.8, 4) is 5.75 Å². The van der Waals surface area contributed by atoms with Crippen molar-refractivity contribution in [2.45, 2.75) is 11.4 Å². The first-order valence-electron chi connectivity index (χ1n) is 5.96. The average molecular weight is 289 g/mol. The zero-order chi connectivity index (χ0) is 14.2. The second kappa shape index (κ2) is 4.64. The Kier molecular flexibility index (Phi) is 2.94. The standard InChI is InChI=1S/C14H11NO4S/c16-14(19-12-7-2-1-3-8-12)15-10-11-6-4-5-9-13(11)20(15,17)18/h1-9H,10H2. The molecule has 6 heteroatoms. The fraction of sp³-hybridized carbons (Fsp3) is 0.0714. The van der Waals surface area contributed by atoms with Crippen LogP contribution in [0.25, 0.3) is 0 Å². The molecule has 2 aromatic carbocycles. The molecule has 0 fully saturated rings. The van der Waals surface area contributed by atoms with E-state index in [4.69, 9.17) is 4.74 Å². The number of amides is 1. The zero-order valence-electron chi connectivity index (χ0n) is 10.4. The number of ether oxygens (including phenoxy) is 1. The predicted molar refractivity (Wildman–Crippen MR) is 71.6 cm³/mol. The van der Waals surface area contributed by atoms with Gasteiger partial charge in [-0.25, -0.2) is 13.2 Å². The Morgan fingerprint density at radius 1 is 1.00 bits per heavy atom. The summed E-state index contributed by atoms with van der Waals surface area (Å²) >= 11 is 0. The Balaban J connectivity index is 1.88. The molecule has 102 valence electrons. The van der Waals surface area contributed by atoms with Crippen LogP contribution < -0.4 is 4.74 Å². The largest absolute Gasteiger partial charge is 0.429 e. The van der Waals surface area contributed by atoms with Gasteiger partial charge >= 0.3 is 6.09 Å². The molecular formula is C14H11NO4S. The molecule has 0 atom stereocenters. The molecule has 0 aliphatic carbocycles. The van der Waals surface area contributed by atoms with Crippen molar-refractivity contribution in [2.24, 2.45) is 0 Å². The highest BCUT2D eigenvalue weighted by Crippen LogP contribution is 2.30. The van der Waals surface area contributed by atoms with Crippen LogP contribution >= 0.6 is 0 Å². The van der Waals surface area contributed by atoms with Gasteiger partial charge in [0.25, 0.3) is 10.0 Å². The summed E-state index contributed by atoms with van der Waals surface area (Å²) in [5, 5.41) is 0. The molecule has 0 N–H and O–H groups in total. The molecule has 0 spiro atoms. The lowest BCUT2D eigenvalue weighted by Gasteiger charge is -2.14. The summed E-state index contributed by atoms with van der Waals surface area (Å²) in [6, 6.07) is 14.9. The lowest BCUT2D eigenvalue weighted by molar-refractivity contribution is 0.179. The van der Waals surface area contributed by atoms with Gasteiger partial charge in [0.2, 0.25) is 0 Å². The van der Waals surface area contributed by atoms with Crippen molar-refractivity contribution in [2.75, 3.05) is 0 Å². The maximum atomic E-state index is 12.2. The molecular weight excluding hydrogens is 278 g/mol. The van der Waals surface area contributed by atoms with E-state index >= 15 is 0 Å². The van der Waals surface area contributed by atoms with Gasteiger partial charge in [-0.2, -0.15) is 4.31 Å². The topological polar surface area (TPSA) is 63.7 Å². The Morgan fingerprint density at radius 2 is 1.65 bits per heavy atom. The normalized spacial score (nSPS) is 15.7. The first-order chi connectivity index (χ1) is 9.59. The number of carbonyl (C=O) groups is 1. The molecule has 20 heavy (non-hydrogen) atoms. The molecule has 5 nitrogen and oxygen atoms in total. The molecule has 0 radical (unpaired) electrons. The molecule has 1 amide bonds. The maximum Gasteiger partial charge on any atom is 0.429 e. The van der Waals surface area contributed by atoms with Crippen LogP contribution in [0.3, 0.4) is 0 Å². The van der Waals surface area contributed by atoms with E-state index < -0.39 is 16.1 Å². The molecule has 1 aliphatic rings. The average Bonchev–Trinajstić information content (AvgIpc) is 2.72. The van der Waals surface area contributed by atoms with E-state index in [9.17, 15) is 13.2 Å². The molecule has 0 saturated carbocycles. The van der Waals surface area contributed by atoms with Crippen LogP contribution in [-0.4, -0.2) is 18.8 Å². The summed E-state index contributed by atoms with van der Waals surface area (Å²) < 4.78 is 30.3. The number of hydrogen-bond acceptors (Lipinski definition) is 4. The van der Waals surface area contributed by atoms with Gasteiger partial charge < -0.3 is 4.74 Å². The van der Waals surface area contributed by atoms with Gasteiger partial charge in [-0.3, -0.25) is 0 Å². The smallest absolute Gasteiger partial charge is 0.409 e. The van der Waals surface area contributed by atoms with Gasteiger partial charge in [0.05, 0.1) is 11.4 Å². The van der Waals surface area contributed by atoms with E-state index in [1.807, 2.05) is 0 Å². The van der Waals surface area contributed by atoms with Gasteiger partial charge in [-0.15, -0.1) is 0 Å². The van der Waals surface area contributed by atoms with Crippen molar-refractivity contribution in [1.29, 1.82) is 0 Å². The minimum Gasteiger partial charge on any atom is -0.409 e. The zero-order valence-corrected chi connectivity index (χ0v) is 11.2. The van der Waals surface area contributed by atoms with Crippen molar-refractivity contribution in [3.05, 3.63) is 60.2 Å². The van der Waals surface area contributed by atoms with E-state index in [0.29, 0.717) is 11.3 Å². The van der Waals surface area contributed by atoms with Crippen LogP contribution in [0.5, 0.6) is 5.75 Å². The third-order valence-electron chi connectivity index (χ3n) is 3.01. The quantitative estimate of drug-likeness (QED) is 0.808. The van der Waals surface area contributed by atoms with Gasteiger partial charge in [0.1, 0.15) is 5.75 Å². The number of para-hydroxylation sites is 1. The van der Waals surface area contributed by atoms with Gasteiger partial charge in [0.15, 0.2) is 0 Å². The molecule has 0 saturated heterocycles. The summed E-state index contributed by atoms with van der Waals surface area (Å²) in [7, 11) is -3.81. The van der Waals surface area contributed by atoms with E-state index in [0.717, 1.165) is 4.31 Å². The van der Waals surface area contributed by atoms with Crippen LogP contribution in [0.15, 0.2) is 59.5 Å². The lowest BCUT2D eigenvalue weighted by Crippen LogP contribution is -2.33. The van der Waals surface area contributed by atoms with Crippen molar-refractivity contribution in [1.82, 2.24) is 4.31 Å². The van der Waals surface area contributed by atoms with Crippen molar-refractivity contribution < 1.29 is 17.9 Å². The lowest BCUT2D eigenvalue weighted by atomic mass is 10.2. The number of sulfonamides is 1. The Morgan fingerprint density at radius 3 is 2.35 bits per heavy atom. The predicted octanol–water partition coefficient (Wildman–Crippen LogP) is 2.39. The first kappa shape index (κ1) is 12.7. The minimum atomic E-state index is -3.81. The summed E-state index contributed by atoms with van der Waals surface area (Å²) in [4.78, 5) is 12.2. The fourth-order valence-electron chi connectivity index (χ4n) is 2.05. The number of fused-ring (bicyclic) bond motifs is 1. The van der Waals surface area contributed by atoms with Crippen LogP contribution in [0.2, 0.25) is 0 Å². The number of carbonyl (C=O) groups excluding carboxylic acids is 1.